The zero-order chi connectivity index (χ0) is 19.1. The van der Waals surface area contributed by atoms with Gasteiger partial charge in [-0.2, -0.15) is 0 Å². The molecule has 1 aliphatic rings. The first kappa shape index (κ1) is 21.0. The molecule has 0 N–H and O–H groups in total. The van der Waals surface area contributed by atoms with Crippen LogP contribution in [0.4, 0.5) is 4.79 Å². The Labute approximate surface area is 146 Å². The van der Waals surface area contributed by atoms with Gasteiger partial charge in [0.05, 0.1) is 12.1 Å². The van der Waals surface area contributed by atoms with Crippen molar-refractivity contribution in [2.24, 2.45) is 0 Å². The summed E-state index contributed by atoms with van der Waals surface area (Å²) in [6, 6.07) is 0. The van der Waals surface area contributed by atoms with Crippen molar-refractivity contribution >= 4 is 20.4 Å². The number of hydrogen-bond acceptors (Lipinski definition) is 5. The molecule has 1 heterocycles. The van der Waals surface area contributed by atoms with Crippen LogP contribution in [0.15, 0.2) is 0 Å². The highest BCUT2D eigenvalue weighted by molar-refractivity contribution is 6.74. The number of aliphatic carboxylic acids is 1. The molecule has 0 saturated carbocycles. The number of hydrogen-bond donors (Lipinski definition) is 0. The van der Waals surface area contributed by atoms with Gasteiger partial charge < -0.3 is 19.1 Å². The third-order valence-electron chi connectivity index (χ3n) is 5.07. The Morgan fingerprint density at radius 3 is 2.04 bits per heavy atom. The van der Waals surface area contributed by atoms with Crippen LogP contribution in [0.3, 0.4) is 0 Å². The number of carbonyl (C=O) groups is 2. The van der Waals surface area contributed by atoms with Crippen LogP contribution in [0.2, 0.25) is 18.1 Å². The van der Waals surface area contributed by atoms with Crippen LogP contribution in [0, 0.1) is 0 Å². The van der Waals surface area contributed by atoms with Gasteiger partial charge in [0.25, 0.3) is 0 Å². The van der Waals surface area contributed by atoms with E-state index in [2.05, 4.69) is 33.9 Å². The molecule has 6 nitrogen and oxygen atoms in total. The van der Waals surface area contributed by atoms with Crippen LogP contribution in [-0.4, -0.2) is 49.1 Å². The number of likely N-dealkylation sites (tertiary alicyclic amines) is 1. The Morgan fingerprint density at radius 2 is 1.67 bits per heavy atom. The predicted molar refractivity (Wildman–Crippen MR) is 93.0 cm³/mol. The summed E-state index contributed by atoms with van der Waals surface area (Å²) in [5.74, 6) is -1.31. The Morgan fingerprint density at radius 1 is 1.17 bits per heavy atom. The molecule has 0 aromatic rings. The van der Waals surface area contributed by atoms with Crippen molar-refractivity contribution in [3.05, 3.63) is 0 Å². The van der Waals surface area contributed by atoms with Gasteiger partial charge >= 0.3 is 6.09 Å². The van der Waals surface area contributed by atoms with Crippen LogP contribution in [0.25, 0.3) is 0 Å². The Bertz CT molecular complexity index is 506. The van der Waals surface area contributed by atoms with Crippen LogP contribution in [0.1, 0.15) is 54.9 Å². The van der Waals surface area contributed by atoms with E-state index in [0.29, 0.717) is 6.42 Å². The van der Waals surface area contributed by atoms with Crippen LogP contribution in [-0.2, 0) is 14.0 Å². The van der Waals surface area contributed by atoms with Crippen molar-refractivity contribution < 1.29 is 23.9 Å². The van der Waals surface area contributed by atoms with Gasteiger partial charge in [-0.05, 0) is 52.2 Å². The molecule has 0 spiro atoms. The summed E-state index contributed by atoms with van der Waals surface area (Å²) < 4.78 is 11.7. The molecule has 1 rings (SSSR count). The molecule has 0 aromatic carbocycles. The third kappa shape index (κ3) is 4.11. The van der Waals surface area contributed by atoms with Crippen LogP contribution >= 0.6 is 0 Å². The minimum atomic E-state index is -2.19. The highest BCUT2D eigenvalue weighted by Gasteiger charge is 2.53. The third-order valence-corrected chi connectivity index (χ3v) is 9.56. The van der Waals surface area contributed by atoms with Crippen molar-refractivity contribution in [2.75, 3.05) is 6.54 Å². The van der Waals surface area contributed by atoms with E-state index >= 15 is 0 Å². The van der Waals surface area contributed by atoms with Crippen LogP contribution < -0.4 is 5.11 Å². The second-order valence-corrected chi connectivity index (χ2v) is 14.0. The summed E-state index contributed by atoms with van der Waals surface area (Å²) >= 11 is 0. The van der Waals surface area contributed by atoms with Crippen molar-refractivity contribution in [2.45, 2.75) is 90.3 Å². The lowest BCUT2D eigenvalue weighted by atomic mass is 9.96. The fourth-order valence-corrected chi connectivity index (χ4v) is 3.89. The number of nitrogens with zero attached hydrogens (tertiary/aromatic N) is 1. The molecule has 0 unspecified atom stereocenters. The molecule has 0 radical (unpaired) electrons. The fraction of sp³-hybridized carbons (Fsp3) is 0.882. The Balaban J connectivity index is 3.10. The maximum absolute atomic E-state index is 12.5. The number of ether oxygens (including phenoxy) is 1. The predicted octanol–water partition coefficient (Wildman–Crippen LogP) is 2.53. The molecule has 1 amide bonds. The summed E-state index contributed by atoms with van der Waals surface area (Å²) in [7, 11) is -2.19. The normalized spacial score (nSPS) is 25.7. The monoisotopic (exact) mass is 358 g/mol. The first-order valence-corrected chi connectivity index (χ1v) is 11.3. The maximum atomic E-state index is 12.5. The number of rotatable bonds is 3. The standard InChI is InChI=1S/C17H33NO5Si/c1-15(2,3)22-14(21)18-11-10-12(17(18,7)13(19)20)23-24(8,9)16(4,5)6/h12H,10-11H2,1-9H3,(H,19,20)/p-1/t12-,17-/m0/s1. The summed E-state index contributed by atoms with van der Waals surface area (Å²) in [5, 5.41) is 11.9. The molecule has 140 valence electrons. The highest BCUT2D eigenvalue weighted by atomic mass is 28.4. The molecule has 0 aromatic heterocycles. The van der Waals surface area contributed by atoms with E-state index < -0.39 is 37.6 Å². The maximum Gasteiger partial charge on any atom is 0.411 e. The van der Waals surface area contributed by atoms with Gasteiger partial charge in [-0.15, -0.1) is 0 Å². The lowest BCUT2D eigenvalue weighted by Gasteiger charge is -2.45. The van der Waals surface area contributed by atoms with Gasteiger partial charge in [-0.3, -0.25) is 4.90 Å². The zero-order valence-electron chi connectivity index (χ0n) is 16.5. The Hall–Kier alpha value is -1.08. The Kier molecular flexibility index (Phi) is 5.53. The van der Waals surface area contributed by atoms with Gasteiger partial charge in [-0.25, -0.2) is 4.79 Å². The summed E-state index contributed by atoms with van der Waals surface area (Å²) in [5.41, 5.74) is -2.22. The number of carboxylic acid groups (broad SMARTS) is 1. The van der Waals surface area contributed by atoms with Gasteiger partial charge in [0.2, 0.25) is 0 Å². The molecular weight excluding hydrogens is 326 g/mol. The van der Waals surface area contributed by atoms with Crippen LogP contribution in [0.5, 0.6) is 0 Å². The highest BCUT2D eigenvalue weighted by Crippen LogP contribution is 2.42. The van der Waals surface area contributed by atoms with E-state index in [9.17, 15) is 14.7 Å². The minimum absolute atomic E-state index is 0.0564. The first-order chi connectivity index (χ1) is 10.5. The van der Waals surface area contributed by atoms with Crippen molar-refractivity contribution in [1.82, 2.24) is 4.90 Å². The molecule has 2 atom stereocenters. The molecule has 24 heavy (non-hydrogen) atoms. The van der Waals surface area contributed by atoms with Gasteiger partial charge in [0.15, 0.2) is 8.32 Å². The van der Waals surface area contributed by atoms with E-state index in [1.165, 1.54) is 11.8 Å². The molecule has 1 aliphatic heterocycles. The van der Waals surface area contributed by atoms with E-state index in [1.807, 2.05) is 0 Å². The molecule has 0 aliphatic carbocycles. The van der Waals surface area contributed by atoms with Crippen molar-refractivity contribution in [3.63, 3.8) is 0 Å². The lowest BCUT2D eigenvalue weighted by molar-refractivity contribution is -0.319. The van der Waals surface area contributed by atoms with E-state index in [0.717, 1.165) is 0 Å². The minimum Gasteiger partial charge on any atom is -0.547 e. The topological polar surface area (TPSA) is 78.9 Å². The second-order valence-electron chi connectivity index (χ2n) is 9.22. The van der Waals surface area contributed by atoms with Crippen molar-refractivity contribution in [3.8, 4) is 0 Å². The smallest absolute Gasteiger partial charge is 0.411 e. The average Bonchev–Trinajstić information content (AvgIpc) is 2.64. The van der Waals surface area contributed by atoms with Gasteiger partial charge in [0, 0.05) is 6.54 Å². The fourth-order valence-electron chi connectivity index (χ4n) is 2.48. The summed E-state index contributed by atoms with van der Waals surface area (Å²) in [4.78, 5) is 25.6. The number of amides is 1. The average molecular weight is 359 g/mol. The second kappa shape index (κ2) is 6.33. The summed E-state index contributed by atoms with van der Waals surface area (Å²) in [6.07, 6.45) is -0.789. The largest absolute Gasteiger partial charge is 0.547 e. The van der Waals surface area contributed by atoms with E-state index in [4.69, 9.17) is 9.16 Å². The molecule has 1 fully saturated rings. The molecule has 1 saturated heterocycles. The number of carbonyl (C=O) groups excluding carboxylic acids is 2. The quantitative estimate of drug-likeness (QED) is 0.724. The molecule has 0 bridgehead atoms. The van der Waals surface area contributed by atoms with Gasteiger partial charge in [0.1, 0.15) is 11.1 Å². The summed E-state index contributed by atoms with van der Waals surface area (Å²) in [6.45, 7) is 17.4. The number of carboxylic acids is 1. The molecular formula is C17H32NO5Si-. The lowest BCUT2D eigenvalue weighted by Crippen LogP contribution is -2.64. The zero-order valence-corrected chi connectivity index (χ0v) is 17.5. The SMILES string of the molecule is CC(C)(C)OC(=O)N1CC[C@H](O[Si](C)(C)C(C)(C)C)[C@@]1(C)C(=O)[O-]. The molecule has 7 heteroatoms. The van der Waals surface area contributed by atoms with E-state index in [1.54, 1.807) is 20.8 Å². The van der Waals surface area contributed by atoms with E-state index in [-0.39, 0.29) is 11.6 Å². The van der Waals surface area contributed by atoms with Crippen molar-refractivity contribution in [1.29, 1.82) is 0 Å². The van der Waals surface area contributed by atoms with Gasteiger partial charge in [-0.1, -0.05) is 20.8 Å². The first-order valence-electron chi connectivity index (χ1n) is 8.42.